The number of aryl methyl sites for hydroxylation is 1. The van der Waals surface area contributed by atoms with Gasteiger partial charge in [-0.1, -0.05) is 53.7 Å². The number of hydrogen-bond acceptors (Lipinski definition) is 6. The minimum Gasteiger partial charge on any atom is -0.352 e. The summed E-state index contributed by atoms with van der Waals surface area (Å²) in [6, 6.07) is 16.7. The Morgan fingerprint density at radius 3 is 2.66 bits per heavy atom. The third-order valence-electron chi connectivity index (χ3n) is 7.15. The Morgan fingerprint density at radius 2 is 1.80 bits per heavy atom. The molecule has 2 saturated heterocycles. The van der Waals surface area contributed by atoms with E-state index in [2.05, 4.69) is 49.5 Å². The summed E-state index contributed by atoms with van der Waals surface area (Å²) in [6.45, 7) is 8.22. The maximum Gasteiger partial charge on any atom is 0.241 e. The number of hydrogen-bond donors (Lipinski definition) is 1. The van der Waals surface area contributed by atoms with Gasteiger partial charge in [-0.25, -0.2) is 0 Å². The van der Waals surface area contributed by atoms with E-state index < -0.39 is 0 Å². The zero-order valence-electron chi connectivity index (χ0n) is 20.6. The van der Waals surface area contributed by atoms with Crippen LogP contribution in [0.2, 0.25) is 0 Å². The highest BCUT2D eigenvalue weighted by Crippen LogP contribution is 2.22. The van der Waals surface area contributed by atoms with Crippen molar-refractivity contribution in [3.8, 4) is 11.4 Å². The quantitative estimate of drug-likeness (QED) is 0.529. The fourth-order valence-corrected chi connectivity index (χ4v) is 5.23. The van der Waals surface area contributed by atoms with Crippen molar-refractivity contribution in [3.63, 3.8) is 0 Å². The molecule has 1 unspecified atom stereocenters. The van der Waals surface area contributed by atoms with Crippen molar-refractivity contribution >= 4 is 5.91 Å². The number of benzene rings is 2. The first-order valence-electron chi connectivity index (χ1n) is 12.8. The summed E-state index contributed by atoms with van der Waals surface area (Å²) < 4.78 is 5.53. The van der Waals surface area contributed by atoms with Crippen molar-refractivity contribution in [3.05, 3.63) is 71.1 Å². The molecule has 184 valence electrons. The second-order valence-corrected chi connectivity index (χ2v) is 9.92. The molecule has 1 amide bonds. The fraction of sp³-hybridized carbons (Fsp3) is 0.464. The molecular formula is C28H35N5O2. The first-order chi connectivity index (χ1) is 17.1. The molecule has 3 aromatic rings. The maximum absolute atomic E-state index is 13.0. The van der Waals surface area contributed by atoms with Crippen molar-refractivity contribution in [2.24, 2.45) is 5.92 Å². The molecule has 2 fully saturated rings. The van der Waals surface area contributed by atoms with Crippen molar-refractivity contribution < 1.29 is 9.32 Å². The Bertz CT molecular complexity index is 1140. The summed E-state index contributed by atoms with van der Waals surface area (Å²) >= 11 is 0. The SMILES string of the molecule is Cc1ccccc1-c1noc(CN2CCCC(C(=O)NCc3cccc(CN4CCCC4)c3)C2)n1. The minimum atomic E-state index is -0.0182. The number of nitrogens with one attached hydrogen (secondary N) is 1. The van der Waals surface area contributed by atoms with Gasteiger partial charge >= 0.3 is 0 Å². The van der Waals surface area contributed by atoms with Gasteiger partial charge in [0, 0.05) is 25.2 Å². The predicted octanol–water partition coefficient (Wildman–Crippen LogP) is 4.17. The van der Waals surface area contributed by atoms with Crippen molar-refractivity contribution in [1.29, 1.82) is 0 Å². The van der Waals surface area contributed by atoms with Crippen molar-refractivity contribution in [2.45, 2.75) is 52.2 Å². The summed E-state index contributed by atoms with van der Waals surface area (Å²) in [5.41, 5.74) is 4.60. The molecule has 0 bridgehead atoms. The molecule has 3 heterocycles. The molecule has 5 rings (SSSR count). The van der Waals surface area contributed by atoms with Crippen LogP contribution < -0.4 is 5.32 Å². The molecule has 0 aliphatic carbocycles. The van der Waals surface area contributed by atoms with E-state index in [-0.39, 0.29) is 11.8 Å². The standard InChI is InChI=1S/C28H35N5O2/c1-21-8-2-3-12-25(21)27-30-26(35-31-27)20-33-15-7-11-24(19-33)28(34)29-17-22-9-6-10-23(16-22)18-32-13-4-5-14-32/h2-3,6,8-10,12,16,24H,4-5,7,11,13-15,17-20H2,1H3,(H,29,34). The highest BCUT2D eigenvalue weighted by Gasteiger charge is 2.27. The van der Waals surface area contributed by atoms with Gasteiger partial charge in [0.15, 0.2) is 0 Å². The molecule has 2 aliphatic heterocycles. The van der Waals surface area contributed by atoms with E-state index in [0.29, 0.717) is 31.3 Å². The van der Waals surface area contributed by atoms with Gasteiger partial charge < -0.3 is 9.84 Å². The number of carbonyl (C=O) groups is 1. The highest BCUT2D eigenvalue weighted by atomic mass is 16.5. The van der Waals surface area contributed by atoms with E-state index in [0.717, 1.165) is 42.6 Å². The van der Waals surface area contributed by atoms with Crippen LogP contribution in [-0.2, 0) is 24.4 Å². The number of amides is 1. The molecule has 1 aromatic heterocycles. The number of piperidine rings is 1. The van der Waals surface area contributed by atoms with E-state index in [9.17, 15) is 4.79 Å². The molecule has 7 nitrogen and oxygen atoms in total. The Morgan fingerprint density at radius 1 is 1.00 bits per heavy atom. The van der Waals surface area contributed by atoms with E-state index in [1.807, 2.05) is 31.2 Å². The molecule has 0 radical (unpaired) electrons. The fourth-order valence-electron chi connectivity index (χ4n) is 5.23. The van der Waals surface area contributed by atoms with Crippen LogP contribution in [0.15, 0.2) is 53.1 Å². The monoisotopic (exact) mass is 473 g/mol. The molecule has 2 aliphatic rings. The summed E-state index contributed by atoms with van der Waals surface area (Å²) in [4.78, 5) is 22.3. The van der Waals surface area contributed by atoms with E-state index in [4.69, 9.17) is 4.52 Å². The van der Waals surface area contributed by atoms with Crippen LogP contribution in [-0.4, -0.2) is 52.0 Å². The minimum absolute atomic E-state index is 0.0182. The zero-order chi connectivity index (χ0) is 24.0. The molecule has 0 saturated carbocycles. The average Bonchev–Trinajstić information content (AvgIpc) is 3.56. The van der Waals surface area contributed by atoms with Gasteiger partial charge in [0.1, 0.15) is 0 Å². The third-order valence-corrected chi connectivity index (χ3v) is 7.15. The number of rotatable bonds is 8. The van der Waals surface area contributed by atoms with Crippen molar-refractivity contribution in [1.82, 2.24) is 25.3 Å². The lowest BCUT2D eigenvalue weighted by Crippen LogP contribution is -2.42. The second kappa shape index (κ2) is 11.1. The lowest BCUT2D eigenvalue weighted by molar-refractivity contribution is -0.127. The smallest absolute Gasteiger partial charge is 0.241 e. The topological polar surface area (TPSA) is 74.5 Å². The number of likely N-dealkylation sites (tertiary alicyclic amines) is 2. The number of carbonyl (C=O) groups excluding carboxylic acids is 1. The molecule has 0 spiro atoms. The molecule has 2 aromatic carbocycles. The number of aromatic nitrogens is 2. The van der Waals surface area contributed by atoms with Gasteiger partial charge in [-0.15, -0.1) is 0 Å². The lowest BCUT2D eigenvalue weighted by Gasteiger charge is -2.30. The van der Waals surface area contributed by atoms with Gasteiger partial charge in [-0.3, -0.25) is 14.6 Å². The van der Waals surface area contributed by atoms with E-state index >= 15 is 0 Å². The Hall–Kier alpha value is -3.03. The average molecular weight is 474 g/mol. The molecule has 1 N–H and O–H groups in total. The summed E-state index contributed by atoms with van der Waals surface area (Å²) in [7, 11) is 0. The Labute approximate surface area is 207 Å². The molecular weight excluding hydrogens is 438 g/mol. The van der Waals surface area contributed by atoms with Crippen molar-refractivity contribution in [2.75, 3.05) is 26.2 Å². The molecule has 7 heteroatoms. The largest absolute Gasteiger partial charge is 0.352 e. The van der Waals surface area contributed by atoms with Gasteiger partial charge in [-0.2, -0.15) is 4.98 Å². The maximum atomic E-state index is 13.0. The zero-order valence-corrected chi connectivity index (χ0v) is 20.6. The third kappa shape index (κ3) is 6.16. The van der Waals surface area contributed by atoms with Gasteiger partial charge in [0.2, 0.25) is 17.6 Å². The summed E-state index contributed by atoms with van der Waals surface area (Å²) in [5, 5.41) is 7.35. The van der Waals surface area contributed by atoms with Gasteiger partial charge in [0.05, 0.1) is 12.5 Å². The van der Waals surface area contributed by atoms with Crippen LogP contribution in [0.25, 0.3) is 11.4 Å². The predicted molar refractivity (Wildman–Crippen MR) is 135 cm³/mol. The van der Waals surface area contributed by atoms with Crippen LogP contribution in [0, 0.1) is 12.8 Å². The Balaban J connectivity index is 1.13. The van der Waals surface area contributed by atoms with Gasteiger partial charge in [-0.05, 0) is 68.9 Å². The Kier molecular flexibility index (Phi) is 7.54. The first-order valence-corrected chi connectivity index (χ1v) is 12.8. The van der Waals surface area contributed by atoms with E-state index in [1.54, 1.807) is 0 Å². The van der Waals surface area contributed by atoms with Crippen LogP contribution in [0.3, 0.4) is 0 Å². The van der Waals surface area contributed by atoms with Crippen LogP contribution in [0.5, 0.6) is 0 Å². The summed E-state index contributed by atoms with van der Waals surface area (Å²) in [5.74, 6) is 1.33. The number of nitrogens with zero attached hydrogens (tertiary/aromatic N) is 4. The second-order valence-electron chi connectivity index (χ2n) is 9.92. The summed E-state index contributed by atoms with van der Waals surface area (Å²) in [6.07, 6.45) is 4.50. The van der Waals surface area contributed by atoms with Crippen LogP contribution in [0.1, 0.15) is 48.3 Å². The lowest BCUT2D eigenvalue weighted by atomic mass is 9.97. The normalized spacial score (nSPS) is 19.2. The van der Waals surface area contributed by atoms with Crippen LogP contribution >= 0.6 is 0 Å². The highest BCUT2D eigenvalue weighted by molar-refractivity contribution is 5.79. The van der Waals surface area contributed by atoms with Gasteiger partial charge in [0.25, 0.3) is 0 Å². The van der Waals surface area contributed by atoms with Crippen LogP contribution in [0.4, 0.5) is 0 Å². The molecule has 1 atom stereocenters. The first kappa shape index (κ1) is 23.7. The van der Waals surface area contributed by atoms with E-state index in [1.165, 1.54) is 31.5 Å². The molecule has 35 heavy (non-hydrogen) atoms.